The molecule has 3 rings (SSSR count). The fraction of sp³-hybridized carbons (Fsp3) is 0.484. The van der Waals surface area contributed by atoms with Crippen molar-refractivity contribution < 1.29 is 19.1 Å². The Morgan fingerprint density at radius 3 is 1.53 bits per heavy atom. The van der Waals surface area contributed by atoms with Gasteiger partial charge in [0.15, 0.2) is 0 Å². The zero-order valence-electron chi connectivity index (χ0n) is 22.4. The van der Waals surface area contributed by atoms with Crippen molar-refractivity contribution in [2.75, 3.05) is 0 Å². The molecule has 0 saturated carbocycles. The molecule has 0 aliphatic carbocycles. The fourth-order valence-corrected chi connectivity index (χ4v) is 4.45. The van der Waals surface area contributed by atoms with Gasteiger partial charge in [-0.15, -0.1) is 0 Å². The van der Waals surface area contributed by atoms with E-state index >= 15 is 0 Å². The third-order valence-corrected chi connectivity index (χ3v) is 6.41. The van der Waals surface area contributed by atoms with Crippen molar-refractivity contribution in [3.05, 3.63) is 87.0 Å². The minimum absolute atomic E-state index is 0.909. The summed E-state index contributed by atoms with van der Waals surface area (Å²) in [5.41, 5.74) is 22.1. The van der Waals surface area contributed by atoms with Crippen LogP contribution in [0.4, 0.5) is 0 Å². The molecular formula is C31H44N2Ni. The topological polar surface area (TPSA) is 25.3 Å². The van der Waals surface area contributed by atoms with Crippen LogP contribution in [0, 0.1) is 0 Å². The Bertz CT molecular complexity index is 985. The molecule has 0 amide bonds. The van der Waals surface area contributed by atoms with Crippen LogP contribution in [0.25, 0.3) is 16.9 Å². The maximum atomic E-state index is 11.4. The summed E-state index contributed by atoms with van der Waals surface area (Å²) in [5, 5.41) is 0. The molecule has 2 nitrogen and oxygen atoms in total. The van der Waals surface area contributed by atoms with E-state index in [1.165, 1.54) is 45.4 Å². The number of unbranched alkanes of at least 4 members (excludes halogenated alkanes) is 2. The standard InChI is InChI=1S/C29H38N2.2CH3.Ni/c1-6-11-12-13-25-20-28(26-16-21(7-2)14-22(8-3)17-26)31(30)29(25)27-18-23(9-4)15-24(10-5)19-27;;;/h14-20H,6-13H2,1-5H3;2*1H3;. The van der Waals surface area contributed by atoms with Gasteiger partial charge >= 0.3 is 26.2 Å². The molecule has 188 valence electrons. The third-order valence-electron chi connectivity index (χ3n) is 6.41. The second kappa shape index (κ2) is 14.4. The van der Waals surface area contributed by atoms with E-state index < -0.39 is 0 Å². The summed E-state index contributed by atoms with van der Waals surface area (Å²) in [4.78, 5) is 0. The maximum absolute atomic E-state index is 11.4. The average Bonchev–Trinajstić information content (AvgIpc) is 3.19. The van der Waals surface area contributed by atoms with E-state index in [-0.39, 0.29) is 0 Å². The molecule has 0 aromatic heterocycles. The summed E-state index contributed by atoms with van der Waals surface area (Å²) in [6, 6.07) is 13.6. The Hall–Kier alpha value is -1.99. The van der Waals surface area contributed by atoms with Crippen LogP contribution < -0.4 is 0 Å². The van der Waals surface area contributed by atoms with Crippen molar-refractivity contribution >= 4 is 11.4 Å². The van der Waals surface area contributed by atoms with Crippen LogP contribution >= 0.6 is 0 Å². The normalized spacial score (nSPS) is 13.3. The first-order chi connectivity index (χ1) is 16.5. The zero-order chi connectivity index (χ0) is 25.1. The summed E-state index contributed by atoms with van der Waals surface area (Å²) >= 11 is 1.62. The second-order valence-electron chi connectivity index (χ2n) is 8.98. The number of hydrogen-bond donors (Lipinski definition) is 0. The molecule has 0 atom stereocenters. The zero-order valence-corrected chi connectivity index (χ0v) is 23.4. The van der Waals surface area contributed by atoms with Gasteiger partial charge in [0.25, 0.3) is 0 Å². The third kappa shape index (κ3) is 7.25. The van der Waals surface area contributed by atoms with Crippen LogP contribution in [-0.2, 0) is 40.1 Å². The van der Waals surface area contributed by atoms with Crippen molar-refractivity contribution in [1.82, 2.24) is 0 Å². The van der Waals surface area contributed by atoms with Crippen molar-refractivity contribution in [2.45, 2.75) is 97.8 Å². The number of rotatable bonds is 10. The van der Waals surface area contributed by atoms with E-state index in [2.05, 4.69) is 88.9 Å². The number of benzene rings is 2. The van der Waals surface area contributed by atoms with E-state index in [4.69, 9.17) is 0 Å². The molecule has 0 fully saturated rings. The van der Waals surface area contributed by atoms with E-state index in [1.54, 1.807) is 14.4 Å². The van der Waals surface area contributed by atoms with Crippen LogP contribution in [0.2, 0.25) is 11.8 Å². The van der Waals surface area contributed by atoms with Crippen LogP contribution in [0.5, 0.6) is 0 Å². The number of hydrogen-bond acceptors (Lipinski definition) is 0. The fourth-order valence-electron chi connectivity index (χ4n) is 4.45. The van der Waals surface area contributed by atoms with Crippen LogP contribution in [0.3, 0.4) is 0 Å². The summed E-state index contributed by atoms with van der Waals surface area (Å²) in [5.74, 6) is 4.12. The predicted octanol–water partition coefficient (Wildman–Crippen LogP) is 9.48. The van der Waals surface area contributed by atoms with Gasteiger partial charge in [-0.25, -0.2) is 4.70 Å². The van der Waals surface area contributed by atoms with Gasteiger partial charge in [-0.1, -0.05) is 59.6 Å². The Kier molecular flexibility index (Phi) is 12.0. The Morgan fingerprint density at radius 2 is 1.12 bits per heavy atom. The molecule has 1 aliphatic rings. The first-order valence-electron chi connectivity index (χ1n) is 12.9. The Labute approximate surface area is 214 Å². The first kappa shape index (κ1) is 28.3. The van der Waals surface area contributed by atoms with Gasteiger partial charge in [0.2, 0.25) is 11.4 Å². The monoisotopic (exact) mass is 502 g/mol. The van der Waals surface area contributed by atoms with E-state index in [1.807, 2.05) is 0 Å². The summed E-state index contributed by atoms with van der Waals surface area (Å²) in [7, 11) is 0. The van der Waals surface area contributed by atoms with Crippen LogP contribution in [0.15, 0.2) is 48.0 Å². The van der Waals surface area contributed by atoms with Crippen LogP contribution in [-0.4, -0.2) is 4.70 Å². The molecule has 0 saturated heterocycles. The molecule has 0 bridgehead atoms. The first-order valence-corrected chi connectivity index (χ1v) is 14.8. The minimum atomic E-state index is 0.909. The SMILES string of the molecule is CCCCCC1=C(c2cc(CC)cc(CC)c2)[N+](=[N-])C(c2cc(CC)cc(CC)c2)=C1.[CH3][Ni][CH3]. The summed E-state index contributed by atoms with van der Waals surface area (Å²) in [6.45, 7) is 11.0. The molecule has 0 N–H and O–H groups in total. The molecule has 2 aromatic rings. The number of allylic oxidation sites excluding steroid dienone is 2. The molecule has 0 spiro atoms. The van der Waals surface area contributed by atoms with Gasteiger partial charge in [-0.3, -0.25) is 0 Å². The summed E-state index contributed by atoms with van der Waals surface area (Å²) in [6.07, 6.45) is 10.8. The second-order valence-corrected chi connectivity index (χ2v) is 9.97. The molecular weight excluding hydrogens is 459 g/mol. The van der Waals surface area contributed by atoms with Gasteiger partial charge < -0.3 is 5.53 Å². The van der Waals surface area contributed by atoms with Crippen molar-refractivity contribution in [3.63, 3.8) is 0 Å². The predicted molar refractivity (Wildman–Crippen MR) is 145 cm³/mol. The molecule has 0 unspecified atom stereocenters. The van der Waals surface area contributed by atoms with Gasteiger partial charge in [-0.05, 0) is 85.0 Å². The Balaban J connectivity index is 0.00000129. The molecule has 1 aliphatic heterocycles. The van der Waals surface area contributed by atoms with Gasteiger partial charge in [0.05, 0.1) is 0 Å². The van der Waals surface area contributed by atoms with E-state index in [0.29, 0.717) is 0 Å². The number of aryl methyl sites for hydroxylation is 4. The van der Waals surface area contributed by atoms with Gasteiger partial charge in [0.1, 0.15) is 0 Å². The average molecular weight is 503 g/mol. The van der Waals surface area contributed by atoms with Crippen LogP contribution in [0.1, 0.15) is 93.7 Å². The molecule has 0 radical (unpaired) electrons. The quantitative estimate of drug-likeness (QED) is 0.175. The van der Waals surface area contributed by atoms with E-state index in [9.17, 15) is 5.53 Å². The van der Waals surface area contributed by atoms with Gasteiger partial charge in [0, 0.05) is 22.8 Å². The van der Waals surface area contributed by atoms with E-state index in [0.717, 1.165) is 61.0 Å². The summed E-state index contributed by atoms with van der Waals surface area (Å²) < 4.78 is 1.46. The molecule has 3 heteroatoms. The van der Waals surface area contributed by atoms with Crippen molar-refractivity contribution in [2.24, 2.45) is 0 Å². The molecule has 1 heterocycles. The van der Waals surface area contributed by atoms with Crippen molar-refractivity contribution in [3.8, 4) is 0 Å². The number of nitrogens with zero attached hydrogens (tertiary/aromatic N) is 2. The van der Waals surface area contributed by atoms with Crippen molar-refractivity contribution in [1.29, 1.82) is 0 Å². The molecule has 34 heavy (non-hydrogen) atoms. The molecule has 2 aromatic carbocycles. The van der Waals surface area contributed by atoms with Gasteiger partial charge in [-0.2, -0.15) is 0 Å². The Morgan fingerprint density at radius 1 is 0.676 bits per heavy atom.